The van der Waals surface area contributed by atoms with Crippen molar-refractivity contribution in [2.75, 3.05) is 37.9 Å². The van der Waals surface area contributed by atoms with E-state index in [0.717, 1.165) is 0 Å². The molecule has 1 aliphatic rings. The number of nitrogens with two attached hydrogens (primary N) is 1. The van der Waals surface area contributed by atoms with E-state index in [1.54, 1.807) is 14.2 Å². The molecule has 0 aromatic carbocycles. The number of ether oxygens (including phenoxy) is 2. The second kappa shape index (κ2) is 5.41. The van der Waals surface area contributed by atoms with Gasteiger partial charge in [-0.25, -0.2) is 9.78 Å². The minimum atomic E-state index is -1.04. The summed E-state index contributed by atoms with van der Waals surface area (Å²) in [4.78, 5) is 16.9. The van der Waals surface area contributed by atoms with Crippen LogP contribution in [0.3, 0.4) is 0 Å². The Balaban J connectivity index is 2.21. The van der Waals surface area contributed by atoms with E-state index in [1.807, 2.05) is 4.90 Å². The summed E-state index contributed by atoms with van der Waals surface area (Å²) < 4.78 is 10.7. The molecule has 3 N–H and O–H groups in total. The average molecular weight is 267 g/mol. The second-order valence-corrected chi connectivity index (χ2v) is 4.40. The lowest BCUT2D eigenvalue weighted by atomic mass is 10.2. The summed E-state index contributed by atoms with van der Waals surface area (Å²) in [6.45, 7) is 1.22. The first-order valence-electron chi connectivity index (χ1n) is 5.86. The highest BCUT2D eigenvalue weighted by atomic mass is 16.5. The summed E-state index contributed by atoms with van der Waals surface area (Å²) in [5, 5.41) is 8.88. The van der Waals surface area contributed by atoms with E-state index in [9.17, 15) is 4.79 Å². The number of methoxy groups -OCH3 is 2. The van der Waals surface area contributed by atoms with Crippen molar-refractivity contribution in [2.45, 2.75) is 12.2 Å². The van der Waals surface area contributed by atoms with E-state index in [-0.39, 0.29) is 17.8 Å². The molecular weight excluding hydrogens is 250 g/mol. The third-order valence-corrected chi connectivity index (χ3v) is 3.26. The fraction of sp³-hybridized carbons (Fsp3) is 0.500. The molecule has 0 radical (unpaired) electrons. The maximum Gasteiger partial charge on any atom is 0.337 e. The molecule has 2 rings (SSSR count). The molecule has 1 aromatic heterocycles. The molecule has 1 fully saturated rings. The van der Waals surface area contributed by atoms with E-state index in [4.69, 9.17) is 20.3 Å². The van der Waals surface area contributed by atoms with Gasteiger partial charge in [-0.1, -0.05) is 0 Å². The summed E-state index contributed by atoms with van der Waals surface area (Å²) in [6.07, 6.45) is 1.20. The van der Waals surface area contributed by atoms with Crippen molar-refractivity contribution in [3.8, 4) is 0 Å². The SMILES string of the molecule is COC1CN(c2ncc(C(=O)O)cc2N)CC1OC. The lowest BCUT2D eigenvalue weighted by molar-refractivity contribution is -0.00461. The number of carboxylic acids is 1. The number of nitrogen functional groups attached to an aromatic ring is 1. The molecule has 104 valence electrons. The van der Waals surface area contributed by atoms with Gasteiger partial charge in [0, 0.05) is 33.5 Å². The van der Waals surface area contributed by atoms with Gasteiger partial charge in [-0.15, -0.1) is 0 Å². The average Bonchev–Trinajstić information content (AvgIpc) is 2.81. The van der Waals surface area contributed by atoms with Gasteiger partial charge in [0.15, 0.2) is 5.82 Å². The van der Waals surface area contributed by atoms with E-state index in [1.165, 1.54) is 12.3 Å². The maximum absolute atomic E-state index is 10.8. The van der Waals surface area contributed by atoms with Gasteiger partial charge in [0.2, 0.25) is 0 Å². The molecule has 0 amide bonds. The van der Waals surface area contributed by atoms with Gasteiger partial charge in [-0.05, 0) is 6.07 Å². The molecule has 2 atom stereocenters. The number of rotatable bonds is 4. The predicted octanol–water partition coefficient (Wildman–Crippen LogP) is 0.212. The van der Waals surface area contributed by atoms with E-state index in [0.29, 0.717) is 24.6 Å². The van der Waals surface area contributed by atoms with Gasteiger partial charge in [-0.2, -0.15) is 0 Å². The number of carboxylic acid groups (broad SMARTS) is 1. The van der Waals surface area contributed by atoms with E-state index >= 15 is 0 Å². The molecule has 1 aromatic rings. The Morgan fingerprint density at radius 2 is 2.00 bits per heavy atom. The number of hydrogen-bond donors (Lipinski definition) is 2. The van der Waals surface area contributed by atoms with Gasteiger partial charge in [0.1, 0.15) is 12.2 Å². The summed E-state index contributed by atoms with van der Waals surface area (Å²) in [7, 11) is 3.26. The number of nitrogens with zero attached hydrogens (tertiary/aromatic N) is 2. The fourth-order valence-electron chi connectivity index (χ4n) is 2.23. The van der Waals surface area contributed by atoms with Crippen molar-refractivity contribution in [1.29, 1.82) is 0 Å². The summed E-state index contributed by atoms with van der Waals surface area (Å²) in [5.41, 5.74) is 6.28. The third kappa shape index (κ3) is 2.61. The van der Waals surface area contributed by atoms with Crippen LogP contribution in [0.15, 0.2) is 12.3 Å². The number of hydrogen-bond acceptors (Lipinski definition) is 6. The molecule has 2 unspecified atom stereocenters. The first-order chi connectivity index (χ1) is 9.06. The van der Waals surface area contributed by atoms with Crippen molar-refractivity contribution in [3.05, 3.63) is 17.8 Å². The summed E-state index contributed by atoms with van der Waals surface area (Å²) in [5.74, 6) is -0.483. The zero-order valence-corrected chi connectivity index (χ0v) is 10.9. The molecule has 0 spiro atoms. The Kier molecular flexibility index (Phi) is 3.87. The minimum Gasteiger partial charge on any atom is -0.478 e. The molecule has 7 nitrogen and oxygen atoms in total. The van der Waals surface area contributed by atoms with Crippen LogP contribution in [0.1, 0.15) is 10.4 Å². The highest BCUT2D eigenvalue weighted by Gasteiger charge is 2.34. The number of aromatic carboxylic acids is 1. The molecular formula is C12H17N3O4. The largest absolute Gasteiger partial charge is 0.478 e. The van der Waals surface area contributed by atoms with Crippen LogP contribution >= 0.6 is 0 Å². The highest BCUT2D eigenvalue weighted by Crippen LogP contribution is 2.27. The molecule has 0 aliphatic carbocycles. The zero-order chi connectivity index (χ0) is 14.0. The molecule has 0 bridgehead atoms. The first kappa shape index (κ1) is 13.6. The van der Waals surface area contributed by atoms with Gasteiger partial charge in [0.25, 0.3) is 0 Å². The quantitative estimate of drug-likeness (QED) is 0.804. The highest BCUT2D eigenvalue weighted by molar-refractivity contribution is 5.89. The lowest BCUT2D eigenvalue weighted by Crippen LogP contribution is -2.27. The van der Waals surface area contributed by atoms with Gasteiger partial charge < -0.3 is 25.2 Å². The van der Waals surface area contributed by atoms with Crippen molar-refractivity contribution in [3.63, 3.8) is 0 Å². The smallest absolute Gasteiger partial charge is 0.337 e. The van der Waals surface area contributed by atoms with Gasteiger partial charge in [0.05, 0.1) is 11.3 Å². The first-order valence-corrected chi connectivity index (χ1v) is 5.86. The number of aromatic nitrogens is 1. The standard InChI is InChI=1S/C12H17N3O4/c1-18-9-5-15(6-10(9)19-2)11-8(13)3-7(4-14-11)12(16)17/h3-4,9-10H,5-6,13H2,1-2H3,(H,16,17). The Hall–Kier alpha value is -1.86. The Labute approximate surface area is 110 Å². The van der Waals surface area contributed by atoms with Crippen LogP contribution in [0.4, 0.5) is 11.5 Å². The van der Waals surface area contributed by atoms with Crippen LogP contribution < -0.4 is 10.6 Å². The zero-order valence-electron chi connectivity index (χ0n) is 10.9. The van der Waals surface area contributed by atoms with Crippen LogP contribution in [-0.4, -0.2) is 55.6 Å². The second-order valence-electron chi connectivity index (χ2n) is 4.40. The molecule has 0 saturated carbocycles. The van der Waals surface area contributed by atoms with E-state index in [2.05, 4.69) is 4.98 Å². The van der Waals surface area contributed by atoms with Crippen molar-refractivity contribution in [1.82, 2.24) is 4.98 Å². The lowest BCUT2D eigenvalue weighted by Gasteiger charge is -2.18. The van der Waals surface area contributed by atoms with Crippen LogP contribution in [0, 0.1) is 0 Å². The normalized spacial score (nSPS) is 22.7. The van der Waals surface area contributed by atoms with Gasteiger partial charge >= 0.3 is 5.97 Å². The predicted molar refractivity (Wildman–Crippen MR) is 69.4 cm³/mol. The monoisotopic (exact) mass is 267 g/mol. The molecule has 19 heavy (non-hydrogen) atoms. The fourth-order valence-corrected chi connectivity index (χ4v) is 2.23. The van der Waals surface area contributed by atoms with Crippen LogP contribution in [-0.2, 0) is 9.47 Å². The summed E-state index contributed by atoms with van der Waals surface area (Å²) >= 11 is 0. The minimum absolute atomic E-state index is 0.0506. The Morgan fingerprint density at radius 1 is 1.42 bits per heavy atom. The maximum atomic E-state index is 10.8. The summed E-state index contributed by atoms with van der Waals surface area (Å²) in [6, 6.07) is 1.41. The van der Waals surface area contributed by atoms with Crippen molar-refractivity contribution in [2.24, 2.45) is 0 Å². The van der Waals surface area contributed by atoms with Crippen LogP contribution in [0.25, 0.3) is 0 Å². The van der Waals surface area contributed by atoms with Crippen molar-refractivity contribution >= 4 is 17.5 Å². The van der Waals surface area contributed by atoms with Crippen molar-refractivity contribution < 1.29 is 19.4 Å². The third-order valence-electron chi connectivity index (χ3n) is 3.26. The molecule has 1 saturated heterocycles. The molecule has 7 heteroatoms. The molecule has 1 aliphatic heterocycles. The number of carbonyl (C=O) groups is 1. The Bertz CT molecular complexity index is 468. The van der Waals surface area contributed by atoms with Crippen LogP contribution in [0.2, 0.25) is 0 Å². The van der Waals surface area contributed by atoms with Gasteiger partial charge in [-0.3, -0.25) is 0 Å². The van der Waals surface area contributed by atoms with Crippen LogP contribution in [0.5, 0.6) is 0 Å². The number of pyridine rings is 1. The van der Waals surface area contributed by atoms with E-state index < -0.39 is 5.97 Å². The molecule has 2 heterocycles. The number of anilines is 2. The topological polar surface area (TPSA) is 97.9 Å². The Morgan fingerprint density at radius 3 is 2.42 bits per heavy atom.